The van der Waals surface area contributed by atoms with Crippen LogP contribution < -0.4 is 10.6 Å². The van der Waals surface area contributed by atoms with E-state index >= 15 is 0 Å². The molecule has 1 rings (SSSR count). The van der Waals surface area contributed by atoms with Crippen LogP contribution in [-0.2, 0) is 0 Å². The van der Waals surface area contributed by atoms with Gasteiger partial charge in [0.1, 0.15) is 0 Å². The van der Waals surface area contributed by atoms with E-state index in [1.165, 1.54) is 0 Å². The molecule has 124 valence electrons. The summed E-state index contributed by atoms with van der Waals surface area (Å²) in [6.45, 7) is 13.8. The molecular weight excluding hydrogens is 268 g/mol. The third-order valence-electron chi connectivity index (χ3n) is 4.03. The maximum atomic E-state index is 11.7. The van der Waals surface area contributed by atoms with Crippen molar-refractivity contribution in [1.29, 1.82) is 0 Å². The van der Waals surface area contributed by atoms with Gasteiger partial charge < -0.3 is 25.5 Å². The van der Waals surface area contributed by atoms with E-state index in [1.807, 2.05) is 6.92 Å². The second-order valence-corrected chi connectivity index (χ2v) is 6.11. The minimum Gasteiger partial charge on any atom is -0.396 e. The Bertz CT molecular complexity index is 293. The molecule has 6 nitrogen and oxygen atoms in total. The van der Waals surface area contributed by atoms with Crippen molar-refractivity contribution >= 4 is 6.03 Å². The Morgan fingerprint density at radius 3 is 2.38 bits per heavy atom. The van der Waals surface area contributed by atoms with Gasteiger partial charge in [0, 0.05) is 51.9 Å². The van der Waals surface area contributed by atoms with Crippen LogP contribution in [0.2, 0.25) is 0 Å². The molecule has 0 aromatic heterocycles. The highest BCUT2D eigenvalue weighted by Crippen LogP contribution is 2.05. The number of hydrogen-bond donors (Lipinski definition) is 3. The van der Waals surface area contributed by atoms with Gasteiger partial charge in [-0.2, -0.15) is 0 Å². The quantitative estimate of drug-likeness (QED) is 0.604. The van der Waals surface area contributed by atoms with Crippen LogP contribution in [0.3, 0.4) is 0 Å². The molecule has 0 aliphatic carbocycles. The second-order valence-electron chi connectivity index (χ2n) is 6.11. The number of piperazine rings is 1. The van der Waals surface area contributed by atoms with E-state index in [1.54, 1.807) is 0 Å². The molecule has 0 radical (unpaired) electrons. The van der Waals surface area contributed by atoms with E-state index in [-0.39, 0.29) is 18.7 Å². The number of nitrogens with one attached hydrogen (secondary N) is 2. The van der Waals surface area contributed by atoms with Crippen molar-refractivity contribution in [2.75, 3.05) is 52.4 Å². The Labute approximate surface area is 128 Å². The fraction of sp³-hybridized carbons (Fsp3) is 0.933. The van der Waals surface area contributed by atoms with Crippen LogP contribution in [-0.4, -0.2) is 79.4 Å². The molecule has 6 heteroatoms. The molecule has 0 bridgehead atoms. The zero-order valence-corrected chi connectivity index (χ0v) is 13.8. The van der Waals surface area contributed by atoms with Gasteiger partial charge in [0.05, 0.1) is 0 Å². The van der Waals surface area contributed by atoms with E-state index in [2.05, 4.69) is 34.3 Å². The van der Waals surface area contributed by atoms with Crippen LogP contribution in [0.4, 0.5) is 4.79 Å². The highest BCUT2D eigenvalue weighted by atomic mass is 16.3. The minimum absolute atomic E-state index is 0.00688. The first-order valence-corrected chi connectivity index (χ1v) is 8.15. The summed E-state index contributed by atoms with van der Waals surface area (Å²) in [4.78, 5) is 16.6. The molecule has 1 heterocycles. The zero-order valence-electron chi connectivity index (χ0n) is 13.8. The molecule has 0 spiro atoms. The number of nitrogens with zero attached hydrogens (tertiary/aromatic N) is 2. The number of amides is 2. The fourth-order valence-electron chi connectivity index (χ4n) is 2.60. The van der Waals surface area contributed by atoms with Gasteiger partial charge in [0.15, 0.2) is 0 Å². The van der Waals surface area contributed by atoms with Gasteiger partial charge in [-0.05, 0) is 25.8 Å². The number of likely N-dealkylation sites (N-methyl/N-ethyl adjacent to an activating group) is 1. The van der Waals surface area contributed by atoms with Gasteiger partial charge in [-0.15, -0.1) is 0 Å². The number of urea groups is 1. The molecule has 1 fully saturated rings. The van der Waals surface area contributed by atoms with Gasteiger partial charge >= 0.3 is 6.03 Å². The van der Waals surface area contributed by atoms with Gasteiger partial charge in [0.25, 0.3) is 0 Å². The molecule has 1 aliphatic heterocycles. The number of aliphatic hydroxyl groups is 1. The van der Waals surface area contributed by atoms with Crippen molar-refractivity contribution in [3.05, 3.63) is 0 Å². The average molecular weight is 300 g/mol. The van der Waals surface area contributed by atoms with Gasteiger partial charge in [-0.25, -0.2) is 4.79 Å². The molecule has 1 aliphatic rings. The monoisotopic (exact) mass is 300 g/mol. The van der Waals surface area contributed by atoms with E-state index in [4.69, 9.17) is 5.11 Å². The van der Waals surface area contributed by atoms with E-state index < -0.39 is 0 Å². The standard InChI is InChI=1S/C15H32N4O2/c1-4-18-6-8-19(9-7-18)12-13(2)11-16-15(21)17-14(3)5-10-20/h13-14,20H,4-12H2,1-3H3,(H2,16,17,21)/t13?,14-/m1/s1. The summed E-state index contributed by atoms with van der Waals surface area (Å²) >= 11 is 0. The van der Waals surface area contributed by atoms with Crippen molar-refractivity contribution in [3.8, 4) is 0 Å². The topological polar surface area (TPSA) is 67.8 Å². The summed E-state index contributed by atoms with van der Waals surface area (Å²) in [5, 5.41) is 14.5. The van der Waals surface area contributed by atoms with Crippen molar-refractivity contribution < 1.29 is 9.90 Å². The lowest BCUT2D eigenvalue weighted by molar-refractivity contribution is 0.124. The predicted octanol–water partition coefficient (Wildman–Crippen LogP) is 0.330. The van der Waals surface area contributed by atoms with Crippen LogP contribution in [0.1, 0.15) is 27.2 Å². The number of carbonyl (C=O) groups is 1. The Hall–Kier alpha value is -0.850. The first kappa shape index (κ1) is 18.2. The minimum atomic E-state index is -0.140. The summed E-state index contributed by atoms with van der Waals surface area (Å²) in [6.07, 6.45) is 0.588. The Morgan fingerprint density at radius 2 is 1.81 bits per heavy atom. The SMILES string of the molecule is CCN1CCN(CC(C)CNC(=O)N[C@H](C)CCO)CC1. The van der Waals surface area contributed by atoms with Crippen molar-refractivity contribution in [2.45, 2.75) is 33.2 Å². The van der Waals surface area contributed by atoms with Crippen LogP contribution in [0, 0.1) is 5.92 Å². The van der Waals surface area contributed by atoms with Gasteiger partial charge in [0.2, 0.25) is 0 Å². The predicted molar refractivity (Wildman–Crippen MR) is 85.4 cm³/mol. The number of hydrogen-bond acceptors (Lipinski definition) is 4. The van der Waals surface area contributed by atoms with E-state index in [9.17, 15) is 4.79 Å². The summed E-state index contributed by atoms with van der Waals surface area (Å²) in [5.41, 5.74) is 0. The molecule has 3 N–H and O–H groups in total. The van der Waals surface area contributed by atoms with Gasteiger partial charge in [-0.3, -0.25) is 0 Å². The van der Waals surface area contributed by atoms with Crippen LogP contribution in [0.25, 0.3) is 0 Å². The fourth-order valence-corrected chi connectivity index (χ4v) is 2.60. The highest BCUT2D eigenvalue weighted by molar-refractivity contribution is 5.74. The Balaban J connectivity index is 2.13. The summed E-state index contributed by atoms with van der Waals surface area (Å²) < 4.78 is 0. The average Bonchev–Trinajstić information content (AvgIpc) is 2.46. The van der Waals surface area contributed by atoms with E-state index in [0.717, 1.165) is 39.3 Å². The lowest BCUT2D eigenvalue weighted by Gasteiger charge is -2.35. The van der Waals surface area contributed by atoms with Crippen LogP contribution in [0.15, 0.2) is 0 Å². The Morgan fingerprint density at radius 1 is 1.19 bits per heavy atom. The maximum Gasteiger partial charge on any atom is 0.315 e. The maximum absolute atomic E-state index is 11.7. The molecule has 21 heavy (non-hydrogen) atoms. The molecule has 0 aromatic carbocycles. The normalized spacial score (nSPS) is 20.0. The number of aliphatic hydroxyl groups excluding tert-OH is 1. The summed E-state index contributed by atoms with van der Waals surface area (Å²) in [6, 6.07) is -0.133. The van der Waals surface area contributed by atoms with Crippen LogP contribution in [0.5, 0.6) is 0 Å². The third-order valence-corrected chi connectivity index (χ3v) is 4.03. The van der Waals surface area contributed by atoms with Crippen molar-refractivity contribution in [2.24, 2.45) is 5.92 Å². The van der Waals surface area contributed by atoms with Crippen molar-refractivity contribution in [1.82, 2.24) is 20.4 Å². The smallest absolute Gasteiger partial charge is 0.315 e. The third kappa shape index (κ3) is 7.64. The second kappa shape index (κ2) is 9.97. The highest BCUT2D eigenvalue weighted by Gasteiger charge is 2.17. The molecule has 1 unspecified atom stereocenters. The molecular formula is C15H32N4O2. The molecule has 1 saturated heterocycles. The van der Waals surface area contributed by atoms with E-state index in [0.29, 0.717) is 18.9 Å². The van der Waals surface area contributed by atoms with Gasteiger partial charge in [-0.1, -0.05) is 13.8 Å². The lowest BCUT2D eigenvalue weighted by Crippen LogP contribution is -2.49. The molecule has 0 saturated carbocycles. The zero-order chi connectivity index (χ0) is 15.7. The summed E-state index contributed by atoms with van der Waals surface area (Å²) in [5.74, 6) is 0.442. The largest absolute Gasteiger partial charge is 0.396 e. The van der Waals surface area contributed by atoms with Crippen LogP contribution >= 0.6 is 0 Å². The first-order valence-electron chi connectivity index (χ1n) is 8.15. The summed E-state index contributed by atoms with van der Waals surface area (Å²) in [7, 11) is 0. The molecule has 0 aromatic rings. The molecule has 2 amide bonds. The lowest BCUT2D eigenvalue weighted by atomic mass is 10.1. The first-order chi connectivity index (χ1) is 10.0. The number of rotatable bonds is 8. The number of carbonyl (C=O) groups excluding carboxylic acids is 1. The Kier molecular flexibility index (Phi) is 8.64. The van der Waals surface area contributed by atoms with Crippen molar-refractivity contribution in [3.63, 3.8) is 0 Å². The molecule has 2 atom stereocenters.